The zero-order chi connectivity index (χ0) is 24.2. The van der Waals surface area contributed by atoms with Crippen LogP contribution >= 0.6 is 11.3 Å². The number of carbonyl (C=O) groups excluding carboxylic acids is 1. The standard InChI is InChI=1S/C25H25N3O5S/c1-5-33-17-8-6-16(7-9-17)22-15(2)34-24-23(22)25(30)28(14-26-24)13-21(29)27-19-12-18(31-3)10-11-20(19)32-4/h6-12,14H,5,13H2,1-4H3,(H,27,29). The molecule has 2 aromatic carbocycles. The zero-order valence-corrected chi connectivity index (χ0v) is 20.2. The molecule has 1 N–H and O–H groups in total. The molecule has 0 atom stereocenters. The van der Waals surface area contributed by atoms with Gasteiger partial charge in [0, 0.05) is 16.5 Å². The summed E-state index contributed by atoms with van der Waals surface area (Å²) < 4.78 is 17.4. The summed E-state index contributed by atoms with van der Waals surface area (Å²) in [6, 6.07) is 12.7. The second kappa shape index (κ2) is 9.96. The highest BCUT2D eigenvalue weighted by molar-refractivity contribution is 7.19. The number of thiophene rings is 1. The van der Waals surface area contributed by atoms with Crippen molar-refractivity contribution in [3.05, 3.63) is 64.0 Å². The van der Waals surface area contributed by atoms with Crippen LogP contribution in [0.4, 0.5) is 5.69 Å². The lowest BCUT2D eigenvalue weighted by Crippen LogP contribution is -2.28. The van der Waals surface area contributed by atoms with E-state index in [2.05, 4.69) is 10.3 Å². The number of hydrogen-bond acceptors (Lipinski definition) is 7. The number of amides is 1. The van der Waals surface area contributed by atoms with Gasteiger partial charge in [-0.3, -0.25) is 14.2 Å². The van der Waals surface area contributed by atoms with Crippen molar-refractivity contribution in [2.45, 2.75) is 20.4 Å². The second-order valence-electron chi connectivity index (χ2n) is 7.46. The third-order valence-corrected chi connectivity index (χ3v) is 6.32. The number of aryl methyl sites for hydroxylation is 1. The van der Waals surface area contributed by atoms with Crippen molar-refractivity contribution in [3.63, 3.8) is 0 Å². The molecule has 0 bridgehead atoms. The van der Waals surface area contributed by atoms with E-state index < -0.39 is 0 Å². The van der Waals surface area contributed by atoms with E-state index in [0.29, 0.717) is 34.0 Å². The maximum Gasteiger partial charge on any atom is 0.263 e. The van der Waals surface area contributed by atoms with Gasteiger partial charge in [0.05, 0.1) is 38.2 Å². The van der Waals surface area contributed by atoms with Crippen molar-refractivity contribution in [2.24, 2.45) is 0 Å². The van der Waals surface area contributed by atoms with Crippen LogP contribution in [0.2, 0.25) is 0 Å². The van der Waals surface area contributed by atoms with E-state index in [0.717, 1.165) is 21.8 Å². The lowest BCUT2D eigenvalue weighted by atomic mass is 10.0. The number of nitrogens with zero attached hydrogens (tertiary/aromatic N) is 2. The molecule has 0 aliphatic carbocycles. The van der Waals surface area contributed by atoms with Gasteiger partial charge in [0.15, 0.2) is 0 Å². The topological polar surface area (TPSA) is 91.7 Å². The van der Waals surface area contributed by atoms with Gasteiger partial charge in [-0.2, -0.15) is 0 Å². The second-order valence-corrected chi connectivity index (χ2v) is 8.67. The minimum absolute atomic E-state index is 0.195. The first-order valence-electron chi connectivity index (χ1n) is 10.7. The molecule has 2 aromatic heterocycles. The van der Waals surface area contributed by atoms with Gasteiger partial charge in [0.1, 0.15) is 28.6 Å². The highest BCUT2D eigenvalue weighted by Gasteiger charge is 2.18. The molecule has 0 aliphatic heterocycles. The van der Waals surface area contributed by atoms with Crippen LogP contribution in [0.5, 0.6) is 17.2 Å². The van der Waals surface area contributed by atoms with Crippen LogP contribution in [0, 0.1) is 6.92 Å². The minimum Gasteiger partial charge on any atom is -0.497 e. The van der Waals surface area contributed by atoms with E-state index in [1.165, 1.54) is 29.3 Å². The molecule has 4 rings (SSSR count). The van der Waals surface area contributed by atoms with E-state index in [-0.39, 0.29) is 18.0 Å². The maximum atomic E-state index is 13.4. The van der Waals surface area contributed by atoms with Crippen LogP contribution in [0.1, 0.15) is 11.8 Å². The average Bonchev–Trinajstić information content (AvgIpc) is 3.18. The predicted octanol–water partition coefficient (Wildman–Crippen LogP) is 4.49. The molecule has 0 spiro atoms. The van der Waals surface area contributed by atoms with Gasteiger partial charge in [-0.1, -0.05) is 12.1 Å². The van der Waals surface area contributed by atoms with Crippen LogP contribution in [0.15, 0.2) is 53.6 Å². The fraction of sp³-hybridized carbons (Fsp3) is 0.240. The summed E-state index contributed by atoms with van der Waals surface area (Å²) in [6.07, 6.45) is 1.41. The van der Waals surface area contributed by atoms with E-state index in [1.807, 2.05) is 38.1 Å². The third kappa shape index (κ3) is 4.60. The summed E-state index contributed by atoms with van der Waals surface area (Å²) in [4.78, 5) is 32.3. The fourth-order valence-corrected chi connectivity index (χ4v) is 4.74. The Hall–Kier alpha value is -3.85. The molecule has 0 unspecified atom stereocenters. The molecule has 2 heterocycles. The van der Waals surface area contributed by atoms with E-state index >= 15 is 0 Å². The smallest absolute Gasteiger partial charge is 0.263 e. The highest BCUT2D eigenvalue weighted by atomic mass is 32.1. The van der Waals surface area contributed by atoms with Gasteiger partial charge in [0.2, 0.25) is 5.91 Å². The lowest BCUT2D eigenvalue weighted by molar-refractivity contribution is -0.116. The van der Waals surface area contributed by atoms with Crippen LogP contribution in [-0.4, -0.2) is 36.3 Å². The van der Waals surface area contributed by atoms with E-state index in [1.54, 1.807) is 25.3 Å². The number of anilines is 1. The van der Waals surface area contributed by atoms with Gasteiger partial charge >= 0.3 is 0 Å². The van der Waals surface area contributed by atoms with Crippen molar-refractivity contribution >= 4 is 33.1 Å². The van der Waals surface area contributed by atoms with Crippen LogP contribution in [0.25, 0.3) is 21.3 Å². The van der Waals surface area contributed by atoms with Gasteiger partial charge in [0.25, 0.3) is 5.56 Å². The summed E-state index contributed by atoms with van der Waals surface area (Å²) >= 11 is 1.45. The normalized spacial score (nSPS) is 10.8. The molecule has 9 heteroatoms. The Morgan fingerprint density at radius 1 is 1.09 bits per heavy atom. The quantitative estimate of drug-likeness (QED) is 0.400. The molecule has 176 valence electrons. The molecule has 4 aromatic rings. The van der Waals surface area contributed by atoms with Crippen molar-refractivity contribution in [3.8, 4) is 28.4 Å². The molecule has 0 radical (unpaired) electrons. The summed E-state index contributed by atoms with van der Waals surface area (Å²) in [5, 5.41) is 3.29. The number of methoxy groups -OCH3 is 2. The summed E-state index contributed by atoms with van der Waals surface area (Å²) in [6.45, 7) is 4.28. The third-order valence-electron chi connectivity index (χ3n) is 5.30. The number of benzene rings is 2. The Balaban J connectivity index is 1.66. The SMILES string of the molecule is CCOc1ccc(-c2c(C)sc3ncn(CC(=O)Nc4cc(OC)ccc4OC)c(=O)c23)cc1. The molecule has 34 heavy (non-hydrogen) atoms. The molecule has 8 nitrogen and oxygen atoms in total. The predicted molar refractivity (Wildman–Crippen MR) is 133 cm³/mol. The average molecular weight is 480 g/mol. The minimum atomic E-state index is -0.385. The maximum absolute atomic E-state index is 13.4. The van der Waals surface area contributed by atoms with Crippen LogP contribution < -0.4 is 25.1 Å². The largest absolute Gasteiger partial charge is 0.497 e. The number of hydrogen-bond donors (Lipinski definition) is 1. The first-order valence-corrected chi connectivity index (χ1v) is 11.5. The van der Waals surface area contributed by atoms with Gasteiger partial charge in [-0.15, -0.1) is 11.3 Å². The Labute approximate surface area is 200 Å². The first kappa shape index (κ1) is 23.3. The van der Waals surface area contributed by atoms with Crippen molar-refractivity contribution < 1.29 is 19.0 Å². The number of carbonyl (C=O) groups is 1. The molecule has 0 fully saturated rings. The van der Waals surface area contributed by atoms with Crippen molar-refractivity contribution in [1.82, 2.24) is 9.55 Å². The molecular formula is C25H25N3O5S. The number of aromatic nitrogens is 2. The number of ether oxygens (including phenoxy) is 3. The molecule has 1 amide bonds. The van der Waals surface area contributed by atoms with Gasteiger partial charge < -0.3 is 19.5 Å². The Kier molecular flexibility index (Phi) is 6.83. The van der Waals surface area contributed by atoms with Gasteiger partial charge in [-0.05, 0) is 43.7 Å². The van der Waals surface area contributed by atoms with E-state index in [9.17, 15) is 9.59 Å². The zero-order valence-electron chi connectivity index (χ0n) is 19.4. The van der Waals surface area contributed by atoms with Gasteiger partial charge in [-0.25, -0.2) is 4.98 Å². The Morgan fingerprint density at radius 2 is 1.82 bits per heavy atom. The molecule has 0 aliphatic rings. The fourth-order valence-electron chi connectivity index (χ4n) is 3.74. The number of fused-ring (bicyclic) bond motifs is 1. The molecule has 0 saturated heterocycles. The highest BCUT2D eigenvalue weighted by Crippen LogP contribution is 2.36. The lowest BCUT2D eigenvalue weighted by Gasteiger charge is -2.12. The summed E-state index contributed by atoms with van der Waals surface area (Å²) in [7, 11) is 3.06. The Bertz CT molecular complexity index is 1390. The van der Waals surface area contributed by atoms with Crippen molar-refractivity contribution in [1.29, 1.82) is 0 Å². The van der Waals surface area contributed by atoms with Crippen molar-refractivity contribution in [2.75, 3.05) is 26.1 Å². The molecular weight excluding hydrogens is 454 g/mol. The van der Waals surface area contributed by atoms with Crippen LogP contribution in [-0.2, 0) is 11.3 Å². The Morgan fingerprint density at radius 3 is 2.50 bits per heavy atom. The number of rotatable bonds is 8. The summed E-state index contributed by atoms with van der Waals surface area (Å²) in [5.41, 5.74) is 1.90. The van der Waals surface area contributed by atoms with E-state index in [4.69, 9.17) is 14.2 Å². The van der Waals surface area contributed by atoms with Crippen LogP contribution in [0.3, 0.4) is 0 Å². The molecule has 0 saturated carbocycles. The monoisotopic (exact) mass is 479 g/mol. The first-order chi connectivity index (χ1) is 16.4. The number of nitrogens with one attached hydrogen (secondary N) is 1. The summed E-state index contributed by atoms with van der Waals surface area (Å²) in [5.74, 6) is 1.44.